The minimum atomic E-state index is -0.246. The van der Waals surface area contributed by atoms with Gasteiger partial charge in [-0.05, 0) is 32.0 Å². The zero-order chi connectivity index (χ0) is 18.3. The van der Waals surface area contributed by atoms with Gasteiger partial charge in [0.1, 0.15) is 13.2 Å². The first-order valence-corrected chi connectivity index (χ1v) is 8.67. The van der Waals surface area contributed by atoms with E-state index in [0.29, 0.717) is 41.0 Å². The van der Waals surface area contributed by atoms with Crippen LogP contribution in [0.25, 0.3) is 10.9 Å². The minimum Gasteiger partial charge on any atom is -0.486 e. The van der Waals surface area contributed by atoms with Gasteiger partial charge in [-0.25, -0.2) is 0 Å². The third-order valence-electron chi connectivity index (χ3n) is 4.22. The molecule has 1 aliphatic heterocycles. The Morgan fingerprint density at radius 2 is 1.81 bits per heavy atom. The number of ether oxygens (including phenoxy) is 2. The van der Waals surface area contributed by atoms with Crippen molar-refractivity contribution in [2.75, 3.05) is 18.5 Å². The molecule has 0 bridgehead atoms. The van der Waals surface area contributed by atoms with Gasteiger partial charge >= 0.3 is 0 Å². The van der Waals surface area contributed by atoms with Crippen molar-refractivity contribution in [3.05, 3.63) is 58.2 Å². The SMILES string of the molecule is Cc1ccc2nc(C)cc(C(=O)Nc3cc4c(cc3Cl)OCCO4)c2c1. The first-order valence-electron chi connectivity index (χ1n) is 8.30. The Kier molecular flexibility index (Phi) is 4.17. The summed E-state index contributed by atoms with van der Waals surface area (Å²) in [5.74, 6) is 0.910. The normalized spacial score (nSPS) is 12.9. The monoisotopic (exact) mass is 368 g/mol. The van der Waals surface area contributed by atoms with Gasteiger partial charge in [0, 0.05) is 23.2 Å². The van der Waals surface area contributed by atoms with Crippen LogP contribution in [0, 0.1) is 13.8 Å². The Balaban J connectivity index is 1.73. The number of anilines is 1. The molecule has 1 aromatic heterocycles. The third kappa shape index (κ3) is 3.06. The average molecular weight is 369 g/mol. The molecule has 1 aliphatic rings. The molecular weight excluding hydrogens is 352 g/mol. The maximum Gasteiger partial charge on any atom is 0.256 e. The Labute approximate surface area is 155 Å². The van der Waals surface area contributed by atoms with E-state index in [1.807, 2.05) is 32.0 Å². The number of pyridine rings is 1. The molecule has 5 nitrogen and oxygen atoms in total. The number of aromatic nitrogens is 1. The summed E-state index contributed by atoms with van der Waals surface area (Å²) in [7, 11) is 0. The number of fused-ring (bicyclic) bond motifs is 2. The van der Waals surface area contributed by atoms with Gasteiger partial charge in [-0.15, -0.1) is 0 Å². The van der Waals surface area contributed by atoms with Crippen LogP contribution >= 0.6 is 11.6 Å². The number of nitrogens with one attached hydrogen (secondary N) is 1. The predicted octanol–water partition coefficient (Wildman–Crippen LogP) is 4.53. The van der Waals surface area contributed by atoms with Crippen molar-refractivity contribution < 1.29 is 14.3 Å². The zero-order valence-corrected chi connectivity index (χ0v) is 15.2. The minimum absolute atomic E-state index is 0.246. The highest BCUT2D eigenvalue weighted by atomic mass is 35.5. The molecule has 0 saturated heterocycles. The van der Waals surface area contributed by atoms with Crippen LogP contribution in [-0.4, -0.2) is 24.1 Å². The molecule has 0 radical (unpaired) electrons. The molecule has 26 heavy (non-hydrogen) atoms. The van der Waals surface area contributed by atoms with E-state index < -0.39 is 0 Å². The van der Waals surface area contributed by atoms with E-state index in [2.05, 4.69) is 10.3 Å². The van der Waals surface area contributed by atoms with Crippen LogP contribution < -0.4 is 14.8 Å². The molecule has 6 heteroatoms. The van der Waals surface area contributed by atoms with Gasteiger partial charge in [-0.1, -0.05) is 23.2 Å². The number of carbonyl (C=O) groups excluding carboxylic acids is 1. The van der Waals surface area contributed by atoms with E-state index in [9.17, 15) is 4.79 Å². The number of hydrogen-bond donors (Lipinski definition) is 1. The fourth-order valence-corrected chi connectivity index (χ4v) is 3.21. The summed E-state index contributed by atoms with van der Waals surface area (Å²) in [6, 6.07) is 11.0. The summed E-state index contributed by atoms with van der Waals surface area (Å²) in [6.45, 7) is 4.80. The van der Waals surface area contributed by atoms with Gasteiger partial charge in [0.25, 0.3) is 5.91 Å². The van der Waals surface area contributed by atoms with Crippen molar-refractivity contribution in [1.29, 1.82) is 0 Å². The number of amides is 1. The summed E-state index contributed by atoms with van der Waals surface area (Å²) >= 11 is 6.30. The first kappa shape index (κ1) is 16.7. The predicted molar refractivity (Wildman–Crippen MR) is 102 cm³/mol. The molecule has 0 saturated carbocycles. The van der Waals surface area contributed by atoms with E-state index in [0.717, 1.165) is 22.2 Å². The van der Waals surface area contributed by atoms with Crippen LogP contribution in [0.4, 0.5) is 5.69 Å². The van der Waals surface area contributed by atoms with Crippen molar-refractivity contribution >= 4 is 34.1 Å². The molecule has 4 rings (SSSR count). The lowest BCUT2D eigenvalue weighted by atomic mass is 10.0. The number of halogens is 1. The standard InChI is InChI=1S/C20H17ClN2O3/c1-11-3-4-16-13(7-11)14(8-12(2)22-16)20(24)23-17-10-19-18(9-15(17)21)25-5-6-26-19/h3-4,7-10H,5-6H2,1-2H3,(H,23,24). The van der Waals surface area contributed by atoms with E-state index in [-0.39, 0.29) is 5.91 Å². The molecule has 132 valence electrons. The number of aryl methyl sites for hydroxylation is 2. The van der Waals surface area contributed by atoms with Crippen LogP contribution in [0.2, 0.25) is 5.02 Å². The van der Waals surface area contributed by atoms with Gasteiger partial charge in [0.15, 0.2) is 11.5 Å². The van der Waals surface area contributed by atoms with Crippen molar-refractivity contribution in [2.45, 2.75) is 13.8 Å². The second kappa shape index (κ2) is 6.50. The highest BCUT2D eigenvalue weighted by Crippen LogP contribution is 2.38. The summed E-state index contributed by atoms with van der Waals surface area (Å²) in [5, 5.41) is 4.09. The number of rotatable bonds is 2. The van der Waals surface area contributed by atoms with E-state index >= 15 is 0 Å². The lowest BCUT2D eigenvalue weighted by Gasteiger charge is -2.20. The second-order valence-corrected chi connectivity index (χ2v) is 6.67. The topological polar surface area (TPSA) is 60.5 Å². The summed E-state index contributed by atoms with van der Waals surface area (Å²) in [6.07, 6.45) is 0. The van der Waals surface area contributed by atoms with Crippen LogP contribution in [-0.2, 0) is 0 Å². The van der Waals surface area contributed by atoms with E-state index in [1.165, 1.54) is 0 Å². The molecule has 0 unspecified atom stereocenters. The first-order chi connectivity index (χ1) is 12.5. The molecule has 2 aromatic carbocycles. The van der Waals surface area contributed by atoms with Crippen LogP contribution in [0.15, 0.2) is 36.4 Å². The van der Waals surface area contributed by atoms with Crippen molar-refractivity contribution in [1.82, 2.24) is 4.98 Å². The molecule has 0 spiro atoms. The quantitative estimate of drug-likeness (QED) is 0.722. The molecule has 2 heterocycles. The fourth-order valence-electron chi connectivity index (χ4n) is 3.01. The Hall–Kier alpha value is -2.79. The lowest BCUT2D eigenvalue weighted by molar-refractivity contribution is 0.102. The number of nitrogens with zero attached hydrogens (tertiary/aromatic N) is 1. The highest BCUT2D eigenvalue weighted by Gasteiger charge is 2.18. The lowest BCUT2D eigenvalue weighted by Crippen LogP contribution is -2.17. The largest absolute Gasteiger partial charge is 0.486 e. The number of carbonyl (C=O) groups is 1. The molecule has 0 fully saturated rings. The molecule has 0 atom stereocenters. The van der Waals surface area contributed by atoms with Gasteiger partial charge in [0.2, 0.25) is 0 Å². The highest BCUT2D eigenvalue weighted by molar-refractivity contribution is 6.34. The maximum absolute atomic E-state index is 12.9. The van der Waals surface area contributed by atoms with Crippen molar-refractivity contribution in [2.24, 2.45) is 0 Å². The number of hydrogen-bond acceptors (Lipinski definition) is 4. The Morgan fingerprint density at radius 3 is 2.58 bits per heavy atom. The van der Waals surface area contributed by atoms with Gasteiger partial charge in [-0.2, -0.15) is 0 Å². The Bertz CT molecular complexity index is 1030. The van der Waals surface area contributed by atoms with Gasteiger partial charge < -0.3 is 14.8 Å². The second-order valence-electron chi connectivity index (χ2n) is 6.26. The number of benzene rings is 2. The molecule has 0 aliphatic carbocycles. The summed E-state index contributed by atoms with van der Waals surface area (Å²) in [5.41, 5.74) is 3.67. The molecule has 1 N–H and O–H groups in total. The average Bonchev–Trinajstić information content (AvgIpc) is 2.62. The van der Waals surface area contributed by atoms with Gasteiger partial charge in [-0.3, -0.25) is 9.78 Å². The van der Waals surface area contributed by atoms with Crippen LogP contribution in [0.3, 0.4) is 0 Å². The van der Waals surface area contributed by atoms with Crippen molar-refractivity contribution in [3.63, 3.8) is 0 Å². The fraction of sp³-hybridized carbons (Fsp3) is 0.200. The molecule has 1 amide bonds. The van der Waals surface area contributed by atoms with Crippen LogP contribution in [0.1, 0.15) is 21.6 Å². The van der Waals surface area contributed by atoms with Gasteiger partial charge in [0.05, 0.1) is 21.8 Å². The third-order valence-corrected chi connectivity index (χ3v) is 4.53. The molecule has 3 aromatic rings. The summed E-state index contributed by atoms with van der Waals surface area (Å²) in [4.78, 5) is 17.4. The zero-order valence-electron chi connectivity index (χ0n) is 14.4. The maximum atomic E-state index is 12.9. The van der Waals surface area contributed by atoms with Crippen molar-refractivity contribution in [3.8, 4) is 11.5 Å². The van der Waals surface area contributed by atoms with Crippen LogP contribution in [0.5, 0.6) is 11.5 Å². The smallest absolute Gasteiger partial charge is 0.256 e. The summed E-state index contributed by atoms with van der Waals surface area (Å²) < 4.78 is 11.1. The van der Waals surface area contributed by atoms with E-state index in [1.54, 1.807) is 18.2 Å². The Morgan fingerprint density at radius 1 is 1.08 bits per heavy atom. The molecular formula is C20H17ClN2O3. The van der Waals surface area contributed by atoms with E-state index in [4.69, 9.17) is 21.1 Å².